The van der Waals surface area contributed by atoms with E-state index in [1.807, 2.05) is 18.2 Å². The van der Waals surface area contributed by atoms with Crippen molar-refractivity contribution in [1.82, 2.24) is 10.2 Å². The van der Waals surface area contributed by atoms with Crippen molar-refractivity contribution in [2.45, 2.75) is 32.5 Å². The highest BCUT2D eigenvalue weighted by molar-refractivity contribution is 5.50. The van der Waals surface area contributed by atoms with Gasteiger partial charge in [-0.25, -0.2) is 0 Å². The predicted molar refractivity (Wildman–Crippen MR) is 101 cm³/mol. The second-order valence-electron chi connectivity index (χ2n) is 6.54. The maximum atomic E-state index is 10.5. The fourth-order valence-corrected chi connectivity index (χ4v) is 3.30. The molecular weight excluding hydrogens is 328 g/mol. The quantitative estimate of drug-likeness (QED) is 0.703. The number of amides is 1. The molecular formula is C21H26N2O3. The summed E-state index contributed by atoms with van der Waals surface area (Å²) in [6.45, 7) is 4.33. The van der Waals surface area contributed by atoms with Crippen LogP contribution in [0.1, 0.15) is 29.5 Å². The summed E-state index contributed by atoms with van der Waals surface area (Å²) in [7, 11) is 1.61. The zero-order valence-corrected chi connectivity index (χ0v) is 15.2. The summed E-state index contributed by atoms with van der Waals surface area (Å²) < 4.78 is 11.4. The molecule has 1 saturated heterocycles. The lowest BCUT2D eigenvalue weighted by Gasteiger charge is -2.16. The first-order valence-electron chi connectivity index (χ1n) is 9.06. The van der Waals surface area contributed by atoms with E-state index in [9.17, 15) is 4.79 Å². The standard InChI is InChI=1S/C21H26N2O3/c1-25-21-19(13-22-16-24)5-4-6-20(21)26-15-18-9-7-17(8-10-18)14-23-11-2-3-12-23/h4-10,16H,2-3,11-15H2,1H3,(H,22,24). The molecule has 0 aliphatic carbocycles. The molecule has 0 spiro atoms. The molecule has 5 heteroatoms. The van der Waals surface area contributed by atoms with Gasteiger partial charge >= 0.3 is 0 Å². The van der Waals surface area contributed by atoms with Gasteiger partial charge in [-0.05, 0) is 43.1 Å². The molecule has 1 aliphatic rings. The number of rotatable bonds is 9. The summed E-state index contributed by atoms with van der Waals surface area (Å²) in [5.74, 6) is 1.34. The van der Waals surface area contributed by atoms with Crippen LogP contribution in [0.2, 0.25) is 0 Å². The second kappa shape index (κ2) is 9.25. The average Bonchev–Trinajstić information content (AvgIpc) is 3.18. The minimum Gasteiger partial charge on any atom is -0.493 e. The van der Waals surface area contributed by atoms with Crippen LogP contribution in [-0.2, 0) is 24.5 Å². The van der Waals surface area contributed by atoms with Crippen LogP contribution in [0.25, 0.3) is 0 Å². The van der Waals surface area contributed by atoms with Gasteiger partial charge in [-0.1, -0.05) is 36.4 Å². The van der Waals surface area contributed by atoms with Crippen molar-refractivity contribution in [3.8, 4) is 11.5 Å². The molecule has 0 bridgehead atoms. The second-order valence-corrected chi connectivity index (χ2v) is 6.54. The number of hydrogen-bond acceptors (Lipinski definition) is 4. The summed E-state index contributed by atoms with van der Waals surface area (Å²) in [5, 5.41) is 2.66. The molecule has 26 heavy (non-hydrogen) atoms. The highest BCUT2D eigenvalue weighted by Gasteiger charge is 2.12. The van der Waals surface area contributed by atoms with Gasteiger partial charge in [-0.2, -0.15) is 0 Å². The lowest BCUT2D eigenvalue weighted by atomic mass is 10.1. The van der Waals surface area contributed by atoms with Gasteiger partial charge in [0.2, 0.25) is 6.41 Å². The number of para-hydroxylation sites is 1. The van der Waals surface area contributed by atoms with E-state index in [0.29, 0.717) is 31.1 Å². The van der Waals surface area contributed by atoms with Crippen LogP contribution < -0.4 is 14.8 Å². The SMILES string of the molecule is COc1c(CNC=O)cccc1OCc1ccc(CN2CCCC2)cc1. The van der Waals surface area contributed by atoms with Crippen molar-refractivity contribution in [3.05, 3.63) is 59.2 Å². The third kappa shape index (κ3) is 4.76. The Labute approximate surface area is 154 Å². The van der Waals surface area contributed by atoms with E-state index in [4.69, 9.17) is 9.47 Å². The molecule has 1 fully saturated rings. The van der Waals surface area contributed by atoms with Gasteiger partial charge in [0.25, 0.3) is 0 Å². The summed E-state index contributed by atoms with van der Waals surface area (Å²) in [5.41, 5.74) is 3.35. The largest absolute Gasteiger partial charge is 0.493 e. The molecule has 0 unspecified atom stereocenters. The Morgan fingerprint density at radius 2 is 1.81 bits per heavy atom. The van der Waals surface area contributed by atoms with Crippen molar-refractivity contribution in [2.75, 3.05) is 20.2 Å². The first kappa shape index (κ1) is 18.3. The average molecular weight is 354 g/mol. The van der Waals surface area contributed by atoms with E-state index < -0.39 is 0 Å². The molecule has 2 aromatic carbocycles. The first-order chi connectivity index (χ1) is 12.8. The summed E-state index contributed by atoms with van der Waals surface area (Å²) in [6.07, 6.45) is 3.31. The number of ether oxygens (including phenoxy) is 2. The normalized spacial score (nSPS) is 14.2. The Bertz CT molecular complexity index is 710. The Kier molecular flexibility index (Phi) is 6.50. The Morgan fingerprint density at radius 3 is 2.50 bits per heavy atom. The first-order valence-corrected chi connectivity index (χ1v) is 9.06. The topological polar surface area (TPSA) is 50.8 Å². The van der Waals surface area contributed by atoms with Crippen molar-refractivity contribution in [1.29, 1.82) is 0 Å². The molecule has 0 atom stereocenters. The van der Waals surface area contributed by atoms with Gasteiger partial charge in [0, 0.05) is 18.7 Å². The Hall–Kier alpha value is -2.53. The maximum absolute atomic E-state index is 10.5. The van der Waals surface area contributed by atoms with Gasteiger partial charge in [0.1, 0.15) is 6.61 Å². The fraction of sp³-hybridized carbons (Fsp3) is 0.381. The summed E-state index contributed by atoms with van der Waals surface area (Å²) in [6, 6.07) is 14.3. The molecule has 1 N–H and O–H groups in total. The molecule has 1 heterocycles. The molecule has 5 nitrogen and oxygen atoms in total. The minimum atomic E-state index is 0.412. The predicted octanol–water partition coefficient (Wildman–Crippen LogP) is 3.12. The van der Waals surface area contributed by atoms with Crippen LogP contribution >= 0.6 is 0 Å². The van der Waals surface area contributed by atoms with Crippen LogP contribution in [0.15, 0.2) is 42.5 Å². The molecule has 0 saturated carbocycles. The maximum Gasteiger partial charge on any atom is 0.207 e. The molecule has 0 aromatic heterocycles. The number of benzene rings is 2. The molecule has 138 valence electrons. The van der Waals surface area contributed by atoms with Crippen LogP contribution in [0, 0.1) is 0 Å². The van der Waals surface area contributed by atoms with Gasteiger partial charge in [0.05, 0.1) is 7.11 Å². The van der Waals surface area contributed by atoms with E-state index in [1.165, 1.54) is 31.5 Å². The summed E-state index contributed by atoms with van der Waals surface area (Å²) >= 11 is 0. The minimum absolute atomic E-state index is 0.412. The lowest BCUT2D eigenvalue weighted by Crippen LogP contribution is -2.18. The van der Waals surface area contributed by atoms with E-state index in [0.717, 1.165) is 17.7 Å². The number of carbonyl (C=O) groups is 1. The fourth-order valence-electron chi connectivity index (χ4n) is 3.30. The van der Waals surface area contributed by atoms with Crippen LogP contribution in [0.5, 0.6) is 11.5 Å². The van der Waals surface area contributed by atoms with Gasteiger partial charge < -0.3 is 14.8 Å². The smallest absolute Gasteiger partial charge is 0.207 e. The van der Waals surface area contributed by atoms with E-state index in [2.05, 4.69) is 34.5 Å². The monoisotopic (exact) mass is 354 g/mol. The van der Waals surface area contributed by atoms with Crippen molar-refractivity contribution in [3.63, 3.8) is 0 Å². The zero-order chi connectivity index (χ0) is 18.2. The Morgan fingerprint density at radius 1 is 1.08 bits per heavy atom. The van der Waals surface area contributed by atoms with Crippen LogP contribution in [0.4, 0.5) is 0 Å². The van der Waals surface area contributed by atoms with Crippen molar-refractivity contribution >= 4 is 6.41 Å². The molecule has 3 rings (SSSR count). The molecule has 0 radical (unpaired) electrons. The summed E-state index contributed by atoms with van der Waals surface area (Å²) in [4.78, 5) is 13.0. The lowest BCUT2D eigenvalue weighted by molar-refractivity contribution is -0.109. The third-order valence-corrected chi connectivity index (χ3v) is 4.66. The highest BCUT2D eigenvalue weighted by atomic mass is 16.5. The van der Waals surface area contributed by atoms with Gasteiger partial charge in [0.15, 0.2) is 11.5 Å². The van der Waals surface area contributed by atoms with E-state index in [-0.39, 0.29) is 0 Å². The number of methoxy groups -OCH3 is 1. The zero-order valence-electron chi connectivity index (χ0n) is 15.2. The van der Waals surface area contributed by atoms with E-state index >= 15 is 0 Å². The number of hydrogen-bond donors (Lipinski definition) is 1. The highest BCUT2D eigenvalue weighted by Crippen LogP contribution is 2.31. The van der Waals surface area contributed by atoms with Gasteiger partial charge in [-0.3, -0.25) is 9.69 Å². The van der Waals surface area contributed by atoms with Crippen LogP contribution in [0.3, 0.4) is 0 Å². The van der Waals surface area contributed by atoms with Gasteiger partial charge in [-0.15, -0.1) is 0 Å². The van der Waals surface area contributed by atoms with Crippen LogP contribution in [-0.4, -0.2) is 31.5 Å². The van der Waals surface area contributed by atoms with Crippen molar-refractivity contribution < 1.29 is 14.3 Å². The van der Waals surface area contributed by atoms with E-state index in [1.54, 1.807) is 7.11 Å². The Balaban J connectivity index is 1.60. The molecule has 1 amide bonds. The van der Waals surface area contributed by atoms with Crippen molar-refractivity contribution in [2.24, 2.45) is 0 Å². The number of nitrogens with zero attached hydrogens (tertiary/aromatic N) is 1. The number of likely N-dealkylation sites (tertiary alicyclic amines) is 1. The third-order valence-electron chi connectivity index (χ3n) is 4.66. The number of carbonyl (C=O) groups excluding carboxylic acids is 1. The molecule has 1 aliphatic heterocycles. The molecule has 2 aromatic rings. The number of nitrogens with one attached hydrogen (secondary N) is 1.